The first-order valence-corrected chi connectivity index (χ1v) is 8.62. The van der Waals surface area contributed by atoms with E-state index in [1.165, 1.54) is 0 Å². The van der Waals surface area contributed by atoms with Gasteiger partial charge in [-0.05, 0) is 24.3 Å². The monoisotopic (exact) mass is 343 g/mol. The maximum atomic E-state index is 6.10. The highest BCUT2D eigenvalue weighted by Gasteiger charge is 2.22. The highest BCUT2D eigenvalue weighted by molar-refractivity contribution is 5.92. The van der Waals surface area contributed by atoms with Crippen LogP contribution in [-0.4, -0.2) is 27.2 Å². The van der Waals surface area contributed by atoms with E-state index >= 15 is 0 Å². The molecule has 1 aliphatic heterocycles. The van der Waals surface area contributed by atoms with Crippen LogP contribution in [0.1, 0.15) is 0 Å². The standard InChI is InChI=1S/C21H17N3O2/c1-2-9-20-19(8-1)25-14-15(26-20)13-24-12-11-23-21(24)17-5-3-7-18-16(17)6-4-10-22-18/h1-12,15H,13-14H2. The Morgan fingerprint density at radius 3 is 2.81 bits per heavy atom. The van der Waals surface area contributed by atoms with E-state index in [0.29, 0.717) is 13.2 Å². The van der Waals surface area contributed by atoms with Gasteiger partial charge in [-0.1, -0.05) is 30.3 Å². The van der Waals surface area contributed by atoms with Crippen molar-refractivity contribution in [2.24, 2.45) is 0 Å². The van der Waals surface area contributed by atoms with Gasteiger partial charge in [-0.15, -0.1) is 0 Å². The summed E-state index contributed by atoms with van der Waals surface area (Å²) in [4.78, 5) is 9.03. The first-order valence-electron chi connectivity index (χ1n) is 8.62. The molecule has 0 spiro atoms. The van der Waals surface area contributed by atoms with Gasteiger partial charge in [-0.3, -0.25) is 4.98 Å². The zero-order chi connectivity index (χ0) is 17.3. The molecule has 1 atom stereocenters. The summed E-state index contributed by atoms with van der Waals surface area (Å²) >= 11 is 0. The van der Waals surface area contributed by atoms with Crippen LogP contribution in [0.5, 0.6) is 11.5 Å². The summed E-state index contributed by atoms with van der Waals surface area (Å²) in [6.07, 6.45) is 5.55. The van der Waals surface area contributed by atoms with Crippen LogP contribution in [0.15, 0.2) is 73.2 Å². The molecule has 128 valence electrons. The molecule has 0 fully saturated rings. The molecule has 2 aromatic carbocycles. The van der Waals surface area contributed by atoms with E-state index in [-0.39, 0.29) is 6.10 Å². The SMILES string of the molecule is c1ccc2c(c1)OCC(Cn1ccnc1-c1cccc3ncccc13)O2. The zero-order valence-electron chi connectivity index (χ0n) is 14.1. The number of fused-ring (bicyclic) bond motifs is 2. The molecule has 0 saturated heterocycles. The predicted octanol–water partition coefficient (Wildman–Crippen LogP) is 3.94. The minimum absolute atomic E-state index is 0.0639. The third kappa shape index (κ3) is 2.58. The van der Waals surface area contributed by atoms with E-state index < -0.39 is 0 Å². The van der Waals surface area contributed by atoms with E-state index in [2.05, 4.69) is 26.7 Å². The Morgan fingerprint density at radius 1 is 0.923 bits per heavy atom. The molecule has 4 aromatic rings. The van der Waals surface area contributed by atoms with Crippen LogP contribution in [0.2, 0.25) is 0 Å². The van der Waals surface area contributed by atoms with Crippen LogP contribution in [0.3, 0.4) is 0 Å². The quantitative estimate of drug-likeness (QED) is 0.565. The number of rotatable bonds is 3. The van der Waals surface area contributed by atoms with Gasteiger partial charge in [0.15, 0.2) is 17.6 Å². The van der Waals surface area contributed by atoms with Gasteiger partial charge in [0.1, 0.15) is 12.4 Å². The van der Waals surface area contributed by atoms with Crippen molar-refractivity contribution in [1.82, 2.24) is 14.5 Å². The lowest BCUT2D eigenvalue weighted by atomic mass is 10.1. The number of nitrogens with zero attached hydrogens (tertiary/aromatic N) is 3. The topological polar surface area (TPSA) is 49.2 Å². The van der Waals surface area contributed by atoms with Crippen molar-refractivity contribution in [1.29, 1.82) is 0 Å². The third-order valence-electron chi connectivity index (χ3n) is 4.57. The Labute approximate surface area is 150 Å². The third-order valence-corrected chi connectivity index (χ3v) is 4.57. The normalized spacial score (nSPS) is 15.9. The second-order valence-electron chi connectivity index (χ2n) is 6.28. The van der Waals surface area contributed by atoms with Crippen molar-refractivity contribution in [3.63, 3.8) is 0 Å². The van der Waals surface area contributed by atoms with Gasteiger partial charge in [0.2, 0.25) is 0 Å². The summed E-state index contributed by atoms with van der Waals surface area (Å²) in [5.74, 6) is 2.50. The molecule has 3 heterocycles. The predicted molar refractivity (Wildman–Crippen MR) is 99.3 cm³/mol. The summed E-state index contributed by atoms with van der Waals surface area (Å²) in [5, 5.41) is 1.09. The molecule has 1 aliphatic rings. The van der Waals surface area contributed by atoms with E-state index in [9.17, 15) is 0 Å². The lowest BCUT2D eigenvalue weighted by Gasteiger charge is -2.27. The van der Waals surface area contributed by atoms with Gasteiger partial charge in [0.25, 0.3) is 0 Å². The van der Waals surface area contributed by atoms with Crippen molar-refractivity contribution < 1.29 is 9.47 Å². The molecule has 5 nitrogen and oxygen atoms in total. The molecule has 0 aliphatic carbocycles. The first kappa shape index (κ1) is 15.0. The second-order valence-corrected chi connectivity index (χ2v) is 6.28. The number of aromatic nitrogens is 3. The van der Waals surface area contributed by atoms with Crippen LogP contribution in [0.4, 0.5) is 0 Å². The van der Waals surface area contributed by atoms with Gasteiger partial charge in [-0.2, -0.15) is 0 Å². The summed E-state index contributed by atoms with van der Waals surface area (Å²) in [5.41, 5.74) is 2.03. The Bertz CT molecular complexity index is 1070. The molecule has 26 heavy (non-hydrogen) atoms. The van der Waals surface area contributed by atoms with Gasteiger partial charge in [0, 0.05) is 29.5 Å². The minimum atomic E-state index is -0.0639. The van der Waals surface area contributed by atoms with Crippen LogP contribution in [0, 0.1) is 0 Å². The molecule has 5 rings (SSSR count). The van der Waals surface area contributed by atoms with Crippen molar-refractivity contribution in [2.75, 3.05) is 6.61 Å². The lowest BCUT2D eigenvalue weighted by Crippen LogP contribution is -2.33. The van der Waals surface area contributed by atoms with Crippen LogP contribution < -0.4 is 9.47 Å². The summed E-state index contributed by atoms with van der Waals surface area (Å²) in [6, 6.07) is 17.9. The van der Waals surface area contributed by atoms with Crippen LogP contribution in [-0.2, 0) is 6.54 Å². The Morgan fingerprint density at radius 2 is 1.85 bits per heavy atom. The minimum Gasteiger partial charge on any atom is -0.486 e. The molecule has 1 unspecified atom stereocenters. The molecule has 0 amide bonds. The molecule has 2 aromatic heterocycles. The van der Waals surface area contributed by atoms with Crippen molar-refractivity contribution in [2.45, 2.75) is 12.6 Å². The average molecular weight is 343 g/mol. The largest absolute Gasteiger partial charge is 0.486 e. The van der Waals surface area contributed by atoms with Gasteiger partial charge in [-0.25, -0.2) is 4.98 Å². The molecule has 0 saturated carbocycles. The van der Waals surface area contributed by atoms with Gasteiger partial charge in [0.05, 0.1) is 12.1 Å². The van der Waals surface area contributed by atoms with Crippen LogP contribution in [0.25, 0.3) is 22.3 Å². The molecular weight excluding hydrogens is 326 g/mol. The highest BCUT2D eigenvalue weighted by atomic mass is 16.6. The maximum absolute atomic E-state index is 6.10. The smallest absolute Gasteiger partial charge is 0.161 e. The molecule has 0 bridgehead atoms. The number of pyridine rings is 1. The molecule has 0 N–H and O–H groups in total. The van der Waals surface area contributed by atoms with Gasteiger partial charge >= 0.3 is 0 Å². The van der Waals surface area contributed by atoms with E-state index in [4.69, 9.17) is 9.47 Å². The number of hydrogen-bond acceptors (Lipinski definition) is 4. The summed E-state index contributed by atoms with van der Waals surface area (Å²) < 4.78 is 14.0. The number of ether oxygens (including phenoxy) is 2. The van der Waals surface area contributed by atoms with E-state index in [1.54, 1.807) is 0 Å². The Balaban J connectivity index is 1.47. The second kappa shape index (κ2) is 6.19. The number of para-hydroxylation sites is 2. The van der Waals surface area contributed by atoms with E-state index in [0.717, 1.165) is 33.8 Å². The number of hydrogen-bond donors (Lipinski definition) is 0. The number of imidazole rings is 1. The summed E-state index contributed by atoms with van der Waals surface area (Å²) in [6.45, 7) is 1.19. The highest BCUT2D eigenvalue weighted by Crippen LogP contribution is 2.32. The van der Waals surface area contributed by atoms with Crippen molar-refractivity contribution in [3.8, 4) is 22.9 Å². The fraction of sp³-hybridized carbons (Fsp3) is 0.143. The molecular formula is C21H17N3O2. The Kier molecular flexibility index (Phi) is 3.56. The Hall–Kier alpha value is -3.34. The van der Waals surface area contributed by atoms with Crippen molar-refractivity contribution in [3.05, 3.63) is 73.2 Å². The first-order chi connectivity index (χ1) is 12.9. The summed E-state index contributed by atoms with van der Waals surface area (Å²) in [7, 11) is 0. The maximum Gasteiger partial charge on any atom is 0.161 e. The van der Waals surface area contributed by atoms with Crippen LogP contribution >= 0.6 is 0 Å². The molecule has 0 radical (unpaired) electrons. The van der Waals surface area contributed by atoms with Crippen molar-refractivity contribution >= 4 is 10.9 Å². The molecule has 5 heteroatoms. The number of benzene rings is 2. The lowest BCUT2D eigenvalue weighted by molar-refractivity contribution is 0.0789. The van der Waals surface area contributed by atoms with E-state index in [1.807, 2.05) is 61.1 Å². The fourth-order valence-corrected chi connectivity index (χ4v) is 3.37. The zero-order valence-corrected chi connectivity index (χ0v) is 14.1. The fourth-order valence-electron chi connectivity index (χ4n) is 3.37. The average Bonchev–Trinajstić information content (AvgIpc) is 3.15. The van der Waals surface area contributed by atoms with Gasteiger partial charge < -0.3 is 14.0 Å².